The Balaban J connectivity index is 1.39. The summed E-state index contributed by atoms with van der Waals surface area (Å²) >= 11 is 1.42. The van der Waals surface area contributed by atoms with Crippen LogP contribution in [0.2, 0.25) is 0 Å². The highest BCUT2D eigenvalue weighted by atomic mass is 32.1. The number of amides is 1. The third-order valence-corrected chi connectivity index (χ3v) is 5.57. The number of nitrogens with zero attached hydrogens (tertiary/aromatic N) is 5. The molecule has 0 fully saturated rings. The lowest BCUT2D eigenvalue weighted by Crippen LogP contribution is -2.26. The van der Waals surface area contributed by atoms with Gasteiger partial charge in [0.25, 0.3) is 5.56 Å². The van der Waals surface area contributed by atoms with Crippen molar-refractivity contribution in [3.8, 4) is 11.3 Å². The van der Waals surface area contributed by atoms with Gasteiger partial charge in [0.1, 0.15) is 22.8 Å². The number of halogens is 1. The first-order valence-corrected chi connectivity index (χ1v) is 10.3. The Hall–Kier alpha value is -3.92. The molecule has 5 aromatic rings. The number of hydrogen-bond donors (Lipinski definition) is 1. The molecule has 8 nitrogen and oxygen atoms in total. The fourth-order valence-electron chi connectivity index (χ4n) is 3.29. The SMILES string of the molecule is O=C(CCn1nnc2ccccc2c1=O)Nc1c(-c2ccc(F)cc2)nc2sccn12. The zero-order chi connectivity index (χ0) is 21.4. The second-order valence-electron chi connectivity index (χ2n) is 6.80. The number of anilines is 1. The normalized spacial score (nSPS) is 11.3. The van der Waals surface area contributed by atoms with Gasteiger partial charge in [0.05, 0.1) is 11.9 Å². The molecule has 3 heterocycles. The van der Waals surface area contributed by atoms with Gasteiger partial charge < -0.3 is 5.32 Å². The molecule has 154 valence electrons. The molecule has 2 aromatic carbocycles. The van der Waals surface area contributed by atoms with Gasteiger partial charge in [-0.25, -0.2) is 14.1 Å². The molecule has 0 bridgehead atoms. The largest absolute Gasteiger partial charge is 0.310 e. The number of thiazole rings is 1. The molecule has 0 unspecified atom stereocenters. The third-order valence-electron chi connectivity index (χ3n) is 4.82. The number of nitrogens with one attached hydrogen (secondary N) is 1. The van der Waals surface area contributed by atoms with Gasteiger partial charge in [0.15, 0.2) is 4.96 Å². The van der Waals surface area contributed by atoms with Crippen LogP contribution in [0.5, 0.6) is 0 Å². The van der Waals surface area contributed by atoms with Crippen molar-refractivity contribution in [3.63, 3.8) is 0 Å². The van der Waals surface area contributed by atoms with Crippen LogP contribution in [-0.2, 0) is 11.3 Å². The van der Waals surface area contributed by atoms with E-state index in [4.69, 9.17) is 0 Å². The van der Waals surface area contributed by atoms with Crippen molar-refractivity contribution in [1.82, 2.24) is 24.4 Å². The van der Waals surface area contributed by atoms with Gasteiger partial charge in [-0.1, -0.05) is 17.3 Å². The predicted octanol–water partition coefficient (Wildman–Crippen LogP) is 3.34. The monoisotopic (exact) mass is 434 g/mol. The van der Waals surface area contributed by atoms with E-state index in [1.54, 1.807) is 47.0 Å². The van der Waals surface area contributed by atoms with Crippen LogP contribution in [-0.4, -0.2) is 30.3 Å². The fourth-order valence-corrected chi connectivity index (χ4v) is 4.00. The molecule has 0 aliphatic rings. The van der Waals surface area contributed by atoms with Crippen LogP contribution in [0.1, 0.15) is 6.42 Å². The van der Waals surface area contributed by atoms with Crippen molar-refractivity contribution in [2.24, 2.45) is 0 Å². The number of carbonyl (C=O) groups excluding carboxylic acids is 1. The van der Waals surface area contributed by atoms with E-state index in [2.05, 4.69) is 20.6 Å². The molecule has 0 aliphatic carbocycles. The third kappa shape index (κ3) is 3.57. The molecule has 1 amide bonds. The minimum absolute atomic E-state index is 0.0210. The highest BCUT2D eigenvalue weighted by molar-refractivity contribution is 7.15. The fraction of sp³-hybridized carbons (Fsp3) is 0.0952. The first kappa shape index (κ1) is 19.1. The molecule has 31 heavy (non-hydrogen) atoms. The molecule has 5 rings (SSSR count). The molecule has 0 atom stereocenters. The number of hydrogen-bond acceptors (Lipinski definition) is 6. The van der Waals surface area contributed by atoms with Gasteiger partial charge >= 0.3 is 0 Å². The Bertz CT molecular complexity index is 1470. The maximum Gasteiger partial charge on any atom is 0.277 e. The van der Waals surface area contributed by atoms with E-state index in [1.165, 1.54) is 28.2 Å². The Labute approximate surface area is 178 Å². The summed E-state index contributed by atoms with van der Waals surface area (Å²) in [5.74, 6) is -0.166. The summed E-state index contributed by atoms with van der Waals surface area (Å²) in [4.78, 5) is 30.5. The van der Waals surface area contributed by atoms with Crippen LogP contribution < -0.4 is 10.9 Å². The molecule has 3 aromatic heterocycles. The number of benzene rings is 2. The van der Waals surface area contributed by atoms with Crippen LogP contribution in [0, 0.1) is 5.82 Å². The maximum atomic E-state index is 13.3. The highest BCUT2D eigenvalue weighted by Crippen LogP contribution is 2.30. The number of carbonyl (C=O) groups is 1. The van der Waals surface area contributed by atoms with E-state index < -0.39 is 0 Å². The minimum atomic E-state index is -0.350. The molecule has 0 saturated carbocycles. The second kappa shape index (κ2) is 7.73. The van der Waals surface area contributed by atoms with E-state index >= 15 is 0 Å². The molecule has 1 N–H and O–H groups in total. The lowest BCUT2D eigenvalue weighted by Gasteiger charge is -2.08. The van der Waals surface area contributed by atoms with Gasteiger partial charge in [0.2, 0.25) is 5.91 Å². The molecule has 0 aliphatic heterocycles. The zero-order valence-electron chi connectivity index (χ0n) is 16.0. The van der Waals surface area contributed by atoms with Crippen LogP contribution in [0.3, 0.4) is 0 Å². The average molecular weight is 434 g/mol. The maximum absolute atomic E-state index is 13.3. The van der Waals surface area contributed by atoms with Crippen LogP contribution in [0.4, 0.5) is 10.2 Å². The van der Waals surface area contributed by atoms with Crippen LogP contribution >= 0.6 is 11.3 Å². The van der Waals surface area contributed by atoms with Gasteiger partial charge in [-0.15, -0.1) is 16.4 Å². The van der Waals surface area contributed by atoms with Crippen molar-refractivity contribution in [2.75, 3.05) is 5.32 Å². The summed E-state index contributed by atoms with van der Waals surface area (Å²) in [6, 6.07) is 12.8. The quantitative estimate of drug-likeness (QED) is 0.458. The molecular formula is C21H15FN6O2S. The summed E-state index contributed by atoms with van der Waals surface area (Å²) in [5.41, 5.74) is 1.44. The Morgan fingerprint density at radius 3 is 2.77 bits per heavy atom. The van der Waals surface area contributed by atoms with Crippen molar-refractivity contribution in [3.05, 3.63) is 76.3 Å². The smallest absolute Gasteiger partial charge is 0.277 e. The lowest BCUT2D eigenvalue weighted by molar-refractivity contribution is -0.116. The Kier molecular flexibility index (Phi) is 4.75. The first-order chi connectivity index (χ1) is 15.1. The summed E-state index contributed by atoms with van der Waals surface area (Å²) in [6.07, 6.45) is 1.82. The van der Waals surface area contributed by atoms with Gasteiger partial charge in [-0.05, 0) is 36.4 Å². The van der Waals surface area contributed by atoms with Crippen molar-refractivity contribution < 1.29 is 9.18 Å². The average Bonchev–Trinajstić information content (AvgIpc) is 3.37. The number of imidazole rings is 1. The summed E-state index contributed by atoms with van der Waals surface area (Å²) < 4.78 is 16.3. The van der Waals surface area contributed by atoms with Gasteiger partial charge in [0, 0.05) is 23.6 Å². The van der Waals surface area contributed by atoms with E-state index in [0.717, 1.165) is 0 Å². The predicted molar refractivity (Wildman–Crippen MR) is 116 cm³/mol. The van der Waals surface area contributed by atoms with E-state index in [9.17, 15) is 14.0 Å². The topological polar surface area (TPSA) is 94.2 Å². The number of aromatic nitrogens is 5. The van der Waals surface area contributed by atoms with E-state index in [0.29, 0.717) is 32.9 Å². The second-order valence-corrected chi connectivity index (χ2v) is 7.68. The highest BCUT2D eigenvalue weighted by Gasteiger charge is 2.18. The first-order valence-electron chi connectivity index (χ1n) is 9.44. The van der Waals surface area contributed by atoms with Crippen molar-refractivity contribution in [1.29, 1.82) is 0 Å². The molecule has 0 radical (unpaired) electrons. The number of fused-ring (bicyclic) bond motifs is 2. The molecule has 0 saturated heterocycles. The zero-order valence-corrected chi connectivity index (χ0v) is 16.8. The van der Waals surface area contributed by atoms with E-state index in [-0.39, 0.29) is 30.2 Å². The van der Waals surface area contributed by atoms with Crippen molar-refractivity contribution in [2.45, 2.75) is 13.0 Å². The molecule has 0 spiro atoms. The van der Waals surface area contributed by atoms with Crippen molar-refractivity contribution >= 4 is 38.9 Å². The lowest BCUT2D eigenvalue weighted by atomic mass is 10.1. The van der Waals surface area contributed by atoms with Gasteiger partial charge in [-0.2, -0.15) is 0 Å². The molecular weight excluding hydrogens is 419 g/mol. The number of aryl methyl sites for hydroxylation is 1. The van der Waals surface area contributed by atoms with Crippen LogP contribution in [0.15, 0.2) is 64.9 Å². The Morgan fingerprint density at radius 2 is 1.94 bits per heavy atom. The summed E-state index contributed by atoms with van der Waals surface area (Å²) in [6.45, 7) is 0.0833. The summed E-state index contributed by atoms with van der Waals surface area (Å²) in [5, 5.41) is 13.1. The summed E-state index contributed by atoms with van der Waals surface area (Å²) in [7, 11) is 0. The molecule has 10 heteroatoms. The number of rotatable bonds is 5. The van der Waals surface area contributed by atoms with Gasteiger partial charge in [-0.3, -0.25) is 14.0 Å². The minimum Gasteiger partial charge on any atom is -0.310 e. The van der Waals surface area contributed by atoms with Crippen LogP contribution in [0.25, 0.3) is 27.1 Å². The Morgan fingerprint density at radius 1 is 1.13 bits per heavy atom. The standard InChI is InChI=1S/C21H15FN6O2S/c22-14-7-5-13(6-8-14)18-19(27-11-12-31-21(27)24-18)23-17(29)9-10-28-20(30)15-3-1-2-4-16(15)25-26-28/h1-8,11-12H,9-10H2,(H,23,29). The van der Waals surface area contributed by atoms with E-state index in [1.807, 2.05) is 5.38 Å².